The van der Waals surface area contributed by atoms with Crippen molar-refractivity contribution in [2.75, 3.05) is 29.8 Å². The van der Waals surface area contributed by atoms with Gasteiger partial charge in [-0.05, 0) is 68.0 Å². The van der Waals surface area contributed by atoms with Crippen molar-refractivity contribution in [3.8, 4) is 5.75 Å². The van der Waals surface area contributed by atoms with E-state index >= 15 is 0 Å². The minimum absolute atomic E-state index is 0.116. The first kappa shape index (κ1) is 27.9. The van der Waals surface area contributed by atoms with Crippen molar-refractivity contribution in [2.24, 2.45) is 0 Å². The summed E-state index contributed by atoms with van der Waals surface area (Å²) in [5, 5.41) is 3.57. The highest BCUT2D eigenvalue weighted by molar-refractivity contribution is 7.98. The van der Waals surface area contributed by atoms with Crippen LogP contribution in [0.25, 0.3) is 0 Å². The molecule has 0 spiro atoms. The van der Waals surface area contributed by atoms with E-state index in [2.05, 4.69) is 5.32 Å². The monoisotopic (exact) mass is 546 g/mol. The molecular formula is C27H31ClN2O4S2. The zero-order valence-corrected chi connectivity index (χ0v) is 22.8. The van der Waals surface area contributed by atoms with E-state index in [1.807, 2.05) is 38.1 Å². The van der Waals surface area contributed by atoms with Gasteiger partial charge in [-0.1, -0.05) is 53.6 Å². The van der Waals surface area contributed by atoms with E-state index in [4.69, 9.17) is 16.3 Å². The summed E-state index contributed by atoms with van der Waals surface area (Å²) in [6.45, 7) is 4.19. The molecular weight excluding hydrogens is 516 g/mol. The molecule has 0 aliphatic rings. The summed E-state index contributed by atoms with van der Waals surface area (Å²) in [6, 6.07) is 21.2. The van der Waals surface area contributed by atoms with Gasteiger partial charge in [0.25, 0.3) is 10.0 Å². The molecule has 3 aromatic carbocycles. The minimum atomic E-state index is -4.00. The van der Waals surface area contributed by atoms with E-state index in [9.17, 15) is 13.2 Å². The number of hydrogen-bond donors (Lipinski definition) is 1. The number of rotatable bonds is 13. The molecule has 0 radical (unpaired) electrons. The van der Waals surface area contributed by atoms with Crippen LogP contribution in [0.3, 0.4) is 0 Å². The van der Waals surface area contributed by atoms with Crippen LogP contribution in [0.4, 0.5) is 5.69 Å². The van der Waals surface area contributed by atoms with Crippen molar-refractivity contribution in [1.29, 1.82) is 0 Å². The predicted molar refractivity (Wildman–Crippen MR) is 149 cm³/mol. The van der Waals surface area contributed by atoms with Gasteiger partial charge in [0, 0.05) is 17.3 Å². The second kappa shape index (κ2) is 13.6. The number of ether oxygens (including phenoxy) is 1. The first-order chi connectivity index (χ1) is 17.3. The summed E-state index contributed by atoms with van der Waals surface area (Å²) >= 11 is 7.68. The fraction of sp³-hybridized carbons (Fsp3) is 0.296. The topological polar surface area (TPSA) is 75.7 Å². The van der Waals surface area contributed by atoms with Crippen LogP contribution in [0, 0.1) is 6.92 Å². The Morgan fingerprint density at radius 1 is 1.03 bits per heavy atom. The molecule has 0 aliphatic heterocycles. The maximum absolute atomic E-state index is 13.6. The fourth-order valence-electron chi connectivity index (χ4n) is 3.44. The molecule has 9 heteroatoms. The van der Waals surface area contributed by atoms with E-state index < -0.39 is 10.0 Å². The van der Waals surface area contributed by atoms with Crippen molar-refractivity contribution < 1.29 is 17.9 Å². The number of para-hydroxylation sites is 2. The maximum atomic E-state index is 13.6. The second-order valence-corrected chi connectivity index (χ2v) is 11.5. The van der Waals surface area contributed by atoms with Crippen molar-refractivity contribution >= 4 is 45.0 Å². The van der Waals surface area contributed by atoms with E-state index in [1.165, 1.54) is 5.56 Å². The Labute approximate surface area is 223 Å². The number of aryl methyl sites for hydroxylation is 1. The number of hydrogen-bond acceptors (Lipinski definition) is 5. The third-order valence-corrected chi connectivity index (χ3v) is 8.44. The van der Waals surface area contributed by atoms with Crippen LogP contribution in [0.2, 0.25) is 5.02 Å². The standard InChI is InChI=1S/C27H31ClN2O4S2/c1-3-34-26-8-5-4-7-25(26)30(36(32,33)24-15-9-21(2)10-16-24)19-27(31)29-17-6-18-35-20-22-11-13-23(28)14-12-22/h4-5,7-16H,3,6,17-20H2,1-2H3,(H,29,31). The number of carbonyl (C=O) groups excluding carboxylic acids is 1. The van der Waals surface area contributed by atoms with Gasteiger partial charge in [0.05, 0.1) is 17.2 Å². The van der Waals surface area contributed by atoms with Gasteiger partial charge in [0.1, 0.15) is 12.3 Å². The number of sulfonamides is 1. The molecule has 3 aromatic rings. The fourth-order valence-corrected chi connectivity index (χ4v) is 5.92. The number of nitrogens with zero attached hydrogens (tertiary/aromatic N) is 1. The lowest BCUT2D eigenvalue weighted by molar-refractivity contribution is -0.119. The van der Waals surface area contributed by atoms with Crippen molar-refractivity contribution in [2.45, 2.75) is 30.9 Å². The highest BCUT2D eigenvalue weighted by Gasteiger charge is 2.29. The summed E-state index contributed by atoms with van der Waals surface area (Å²) in [4.78, 5) is 13.0. The van der Waals surface area contributed by atoms with Gasteiger partial charge in [0.2, 0.25) is 5.91 Å². The lowest BCUT2D eigenvalue weighted by Crippen LogP contribution is -2.41. The van der Waals surface area contributed by atoms with Gasteiger partial charge in [-0.3, -0.25) is 9.10 Å². The summed E-state index contributed by atoms with van der Waals surface area (Å²) in [5.41, 5.74) is 2.47. The van der Waals surface area contributed by atoms with Crippen LogP contribution in [0.5, 0.6) is 5.75 Å². The van der Waals surface area contributed by atoms with Crippen molar-refractivity contribution in [1.82, 2.24) is 5.32 Å². The van der Waals surface area contributed by atoms with Crippen LogP contribution >= 0.6 is 23.4 Å². The number of anilines is 1. The summed E-state index contributed by atoms with van der Waals surface area (Å²) in [5.74, 6) is 1.75. The molecule has 1 amide bonds. The Bertz CT molecular complexity index is 1230. The van der Waals surface area contributed by atoms with E-state index in [-0.39, 0.29) is 17.3 Å². The Kier molecular flexibility index (Phi) is 10.5. The van der Waals surface area contributed by atoms with Crippen LogP contribution in [0.15, 0.2) is 77.7 Å². The molecule has 0 atom stereocenters. The molecule has 0 bridgehead atoms. The quantitative estimate of drug-likeness (QED) is 0.279. The number of nitrogens with one attached hydrogen (secondary N) is 1. The molecule has 192 valence electrons. The smallest absolute Gasteiger partial charge is 0.264 e. The molecule has 0 heterocycles. The average Bonchev–Trinajstić information content (AvgIpc) is 2.86. The molecule has 6 nitrogen and oxygen atoms in total. The lowest BCUT2D eigenvalue weighted by atomic mass is 10.2. The normalized spacial score (nSPS) is 11.2. The Balaban J connectivity index is 1.64. The highest BCUT2D eigenvalue weighted by Crippen LogP contribution is 2.32. The van der Waals surface area contributed by atoms with Gasteiger partial charge >= 0.3 is 0 Å². The van der Waals surface area contributed by atoms with Crippen LogP contribution in [-0.4, -0.2) is 39.8 Å². The van der Waals surface area contributed by atoms with Crippen LogP contribution in [-0.2, 0) is 20.6 Å². The first-order valence-corrected chi connectivity index (χ1v) is 14.7. The zero-order chi connectivity index (χ0) is 26.0. The van der Waals surface area contributed by atoms with Gasteiger partial charge in [-0.15, -0.1) is 0 Å². The molecule has 0 aromatic heterocycles. The third kappa shape index (κ3) is 7.91. The second-order valence-electron chi connectivity index (χ2n) is 8.11. The summed E-state index contributed by atoms with van der Waals surface area (Å²) < 4.78 is 34.0. The summed E-state index contributed by atoms with van der Waals surface area (Å²) in [6.07, 6.45) is 0.768. The van der Waals surface area contributed by atoms with E-state index in [0.29, 0.717) is 29.6 Å². The molecule has 0 aliphatic carbocycles. The molecule has 36 heavy (non-hydrogen) atoms. The molecule has 0 saturated carbocycles. The number of halogens is 1. The predicted octanol–water partition coefficient (Wildman–Crippen LogP) is 5.68. The van der Waals surface area contributed by atoms with Gasteiger partial charge < -0.3 is 10.1 Å². The van der Waals surface area contributed by atoms with Crippen molar-refractivity contribution in [3.63, 3.8) is 0 Å². The molecule has 3 rings (SSSR count). The number of thioether (sulfide) groups is 1. The third-order valence-electron chi connectivity index (χ3n) is 5.30. The number of amides is 1. The zero-order valence-electron chi connectivity index (χ0n) is 20.4. The SMILES string of the molecule is CCOc1ccccc1N(CC(=O)NCCCSCc1ccc(Cl)cc1)S(=O)(=O)c1ccc(C)cc1. The van der Waals surface area contributed by atoms with E-state index in [0.717, 1.165) is 27.8 Å². The molecule has 0 fully saturated rings. The number of carbonyl (C=O) groups is 1. The largest absolute Gasteiger partial charge is 0.492 e. The minimum Gasteiger partial charge on any atom is -0.492 e. The maximum Gasteiger partial charge on any atom is 0.264 e. The first-order valence-electron chi connectivity index (χ1n) is 11.7. The van der Waals surface area contributed by atoms with Gasteiger partial charge in [0.15, 0.2) is 0 Å². The Morgan fingerprint density at radius 2 is 1.72 bits per heavy atom. The lowest BCUT2D eigenvalue weighted by Gasteiger charge is -2.26. The van der Waals surface area contributed by atoms with Crippen molar-refractivity contribution in [3.05, 3.63) is 88.9 Å². The summed E-state index contributed by atoms with van der Waals surface area (Å²) in [7, 11) is -4.00. The van der Waals surface area contributed by atoms with E-state index in [1.54, 1.807) is 60.3 Å². The van der Waals surface area contributed by atoms with Gasteiger partial charge in [-0.2, -0.15) is 11.8 Å². The Morgan fingerprint density at radius 3 is 2.42 bits per heavy atom. The molecule has 1 N–H and O–H groups in total. The molecule has 0 saturated heterocycles. The van der Waals surface area contributed by atoms with Crippen LogP contribution < -0.4 is 14.4 Å². The molecule has 0 unspecified atom stereocenters. The highest BCUT2D eigenvalue weighted by atomic mass is 35.5. The number of benzene rings is 3. The van der Waals surface area contributed by atoms with Crippen LogP contribution in [0.1, 0.15) is 24.5 Å². The Hall–Kier alpha value is -2.68. The van der Waals surface area contributed by atoms with Gasteiger partial charge in [-0.25, -0.2) is 8.42 Å². The average molecular weight is 547 g/mol.